The summed E-state index contributed by atoms with van der Waals surface area (Å²) in [5, 5.41) is 0.741. The van der Waals surface area contributed by atoms with Crippen molar-refractivity contribution in [1.82, 2.24) is 14.5 Å². The Morgan fingerprint density at radius 2 is 1.60 bits per heavy atom. The molecule has 1 aliphatic heterocycles. The van der Waals surface area contributed by atoms with Crippen LogP contribution in [0, 0.1) is 5.92 Å². The highest BCUT2D eigenvalue weighted by molar-refractivity contribution is 6.30. The number of halogens is 1. The Morgan fingerprint density at radius 1 is 0.900 bits per heavy atom. The highest BCUT2D eigenvalue weighted by Gasteiger charge is 2.20. The molecule has 152 valence electrons. The number of hydrogen-bond acceptors (Lipinski definition) is 3. The lowest BCUT2D eigenvalue weighted by molar-refractivity contribution is 0.433. The number of fused-ring (bicyclic) bond motifs is 1. The largest absolute Gasteiger partial charge is 0.342 e. The summed E-state index contributed by atoms with van der Waals surface area (Å²) in [6.07, 6.45) is 4.39. The summed E-state index contributed by atoms with van der Waals surface area (Å²) in [4.78, 5) is 12.1. The van der Waals surface area contributed by atoms with Gasteiger partial charge in [0.15, 0.2) is 0 Å². The van der Waals surface area contributed by atoms with Gasteiger partial charge in [-0.1, -0.05) is 42.8 Å². The second-order valence-electron chi connectivity index (χ2n) is 8.28. The third-order valence-electron chi connectivity index (χ3n) is 6.16. The maximum absolute atomic E-state index is 5.99. The van der Waals surface area contributed by atoms with Crippen molar-refractivity contribution in [1.29, 1.82) is 0 Å². The first kappa shape index (κ1) is 19.1. The minimum atomic E-state index is 0.741. The normalized spacial score (nSPS) is 15.1. The van der Waals surface area contributed by atoms with Crippen LogP contribution in [-0.4, -0.2) is 27.6 Å². The molecule has 1 aliphatic rings. The number of anilines is 1. The van der Waals surface area contributed by atoms with Crippen LogP contribution in [0.15, 0.2) is 60.8 Å². The van der Waals surface area contributed by atoms with Crippen LogP contribution in [0.5, 0.6) is 0 Å². The Hall–Kier alpha value is -2.85. The second-order valence-corrected chi connectivity index (χ2v) is 8.72. The molecule has 0 amide bonds. The van der Waals surface area contributed by atoms with Crippen LogP contribution in [-0.2, 0) is 7.05 Å². The van der Waals surface area contributed by atoms with Crippen LogP contribution in [0.2, 0.25) is 5.02 Å². The number of imidazole rings is 1. The molecule has 30 heavy (non-hydrogen) atoms. The molecule has 0 N–H and O–H groups in total. The number of benzene rings is 2. The van der Waals surface area contributed by atoms with Crippen LogP contribution in [0.3, 0.4) is 0 Å². The summed E-state index contributed by atoms with van der Waals surface area (Å²) < 4.78 is 2.21. The van der Waals surface area contributed by atoms with Gasteiger partial charge in [0.2, 0.25) is 5.95 Å². The van der Waals surface area contributed by atoms with Gasteiger partial charge in [0.25, 0.3) is 0 Å². The van der Waals surface area contributed by atoms with Crippen molar-refractivity contribution in [2.75, 3.05) is 18.0 Å². The van der Waals surface area contributed by atoms with Gasteiger partial charge in [-0.25, -0.2) is 4.98 Å². The minimum absolute atomic E-state index is 0.741. The maximum Gasteiger partial charge on any atom is 0.206 e. The smallest absolute Gasteiger partial charge is 0.206 e. The zero-order valence-electron chi connectivity index (χ0n) is 17.3. The van der Waals surface area contributed by atoms with E-state index < -0.39 is 0 Å². The van der Waals surface area contributed by atoms with Gasteiger partial charge in [-0.05, 0) is 54.7 Å². The average Bonchev–Trinajstić information content (AvgIpc) is 3.11. The molecule has 4 nitrogen and oxygen atoms in total. The van der Waals surface area contributed by atoms with Gasteiger partial charge >= 0.3 is 0 Å². The maximum atomic E-state index is 5.99. The molecule has 3 heterocycles. The molecule has 2 aromatic carbocycles. The van der Waals surface area contributed by atoms with Crippen LogP contribution in [0.25, 0.3) is 33.4 Å². The van der Waals surface area contributed by atoms with Crippen LogP contribution < -0.4 is 4.90 Å². The molecular weight excluding hydrogens is 392 g/mol. The van der Waals surface area contributed by atoms with E-state index in [1.54, 1.807) is 0 Å². The summed E-state index contributed by atoms with van der Waals surface area (Å²) in [7, 11) is 2.11. The molecular formula is C25H25ClN4. The highest BCUT2D eigenvalue weighted by Crippen LogP contribution is 2.29. The molecule has 0 unspecified atom stereocenters. The van der Waals surface area contributed by atoms with Gasteiger partial charge in [0.05, 0.1) is 16.7 Å². The van der Waals surface area contributed by atoms with Gasteiger partial charge < -0.3 is 9.47 Å². The van der Waals surface area contributed by atoms with Gasteiger partial charge in [-0.15, -0.1) is 0 Å². The zero-order chi connectivity index (χ0) is 20.7. The molecule has 5 heteroatoms. The minimum Gasteiger partial charge on any atom is -0.342 e. The molecule has 2 aromatic heterocycles. The Balaban J connectivity index is 1.44. The van der Waals surface area contributed by atoms with Gasteiger partial charge in [-0.3, -0.25) is 4.98 Å². The van der Waals surface area contributed by atoms with Crippen molar-refractivity contribution in [2.24, 2.45) is 13.0 Å². The quantitative estimate of drug-likeness (QED) is 0.399. The molecule has 0 spiro atoms. The standard InChI is InChI=1S/C25H25ClN4/c1-17-11-13-30(14-12-17)25-28-23-15-19(6-10-24(23)29(25)2)22-9-5-20(16-27-22)18-3-7-21(26)8-4-18/h3-10,15-17H,11-14H2,1-2H3. The average molecular weight is 417 g/mol. The molecule has 0 bridgehead atoms. The van der Waals surface area contributed by atoms with Crippen molar-refractivity contribution >= 4 is 28.6 Å². The Morgan fingerprint density at radius 3 is 2.30 bits per heavy atom. The molecule has 5 rings (SSSR count). The molecule has 0 atom stereocenters. The van der Waals surface area contributed by atoms with Crippen molar-refractivity contribution in [3.05, 3.63) is 65.8 Å². The predicted molar refractivity (Wildman–Crippen MR) is 125 cm³/mol. The lowest BCUT2D eigenvalue weighted by Crippen LogP contribution is -2.34. The van der Waals surface area contributed by atoms with E-state index in [4.69, 9.17) is 21.6 Å². The number of rotatable bonds is 3. The Labute approximate surface area is 182 Å². The van der Waals surface area contributed by atoms with E-state index in [0.29, 0.717) is 0 Å². The fraction of sp³-hybridized carbons (Fsp3) is 0.280. The van der Waals surface area contributed by atoms with E-state index in [9.17, 15) is 0 Å². The first-order chi connectivity index (χ1) is 14.6. The lowest BCUT2D eigenvalue weighted by atomic mass is 10.00. The SMILES string of the molecule is CC1CCN(c2nc3cc(-c4ccc(-c5ccc(Cl)cc5)cn4)ccc3n2C)CC1. The van der Waals surface area contributed by atoms with E-state index >= 15 is 0 Å². The van der Waals surface area contributed by atoms with E-state index in [-0.39, 0.29) is 0 Å². The third kappa shape index (κ3) is 3.56. The van der Waals surface area contributed by atoms with Crippen molar-refractivity contribution < 1.29 is 0 Å². The summed E-state index contributed by atoms with van der Waals surface area (Å²) >= 11 is 5.99. The number of aryl methyl sites for hydroxylation is 1. The van der Waals surface area contributed by atoms with E-state index in [1.807, 2.05) is 30.5 Å². The second kappa shape index (κ2) is 7.77. The Kier molecular flexibility index (Phi) is 4.95. The number of piperidine rings is 1. The first-order valence-electron chi connectivity index (χ1n) is 10.5. The molecule has 1 fully saturated rings. The zero-order valence-corrected chi connectivity index (χ0v) is 18.1. The van der Waals surface area contributed by atoms with Gasteiger partial charge in [0.1, 0.15) is 0 Å². The summed E-state index contributed by atoms with van der Waals surface area (Å²) in [5.74, 6) is 1.88. The van der Waals surface area contributed by atoms with Gasteiger partial charge in [-0.2, -0.15) is 0 Å². The molecule has 0 aliphatic carbocycles. The molecule has 0 saturated carbocycles. The first-order valence-corrected chi connectivity index (χ1v) is 10.9. The molecule has 0 radical (unpaired) electrons. The number of hydrogen-bond donors (Lipinski definition) is 0. The predicted octanol–water partition coefficient (Wildman–Crippen LogP) is 6.19. The topological polar surface area (TPSA) is 34.0 Å². The van der Waals surface area contributed by atoms with Crippen molar-refractivity contribution in [3.63, 3.8) is 0 Å². The fourth-order valence-electron chi connectivity index (χ4n) is 4.22. The number of nitrogens with zero attached hydrogens (tertiary/aromatic N) is 4. The monoisotopic (exact) mass is 416 g/mol. The van der Waals surface area contributed by atoms with E-state index in [0.717, 1.165) is 63.4 Å². The molecule has 1 saturated heterocycles. The van der Waals surface area contributed by atoms with Crippen LogP contribution in [0.4, 0.5) is 5.95 Å². The summed E-state index contributed by atoms with van der Waals surface area (Å²) in [6.45, 7) is 4.50. The Bertz CT molecular complexity index is 1170. The summed E-state index contributed by atoms with van der Waals surface area (Å²) in [6, 6.07) is 18.5. The van der Waals surface area contributed by atoms with E-state index in [2.05, 4.69) is 53.8 Å². The van der Waals surface area contributed by atoms with Gasteiger partial charge in [0, 0.05) is 42.5 Å². The summed E-state index contributed by atoms with van der Waals surface area (Å²) in [5.41, 5.74) is 6.41. The number of pyridine rings is 1. The van der Waals surface area contributed by atoms with Crippen LogP contribution >= 0.6 is 11.6 Å². The fourth-order valence-corrected chi connectivity index (χ4v) is 4.34. The van der Waals surface area contributed by atoms with Crippen LogP contribution in [0.1, 0.15) is 19.8 Å². The van der Waals surface area contributed by atoms with Crippen molar-refractivity contribution in [3.8, 4) is 22.4 Å². The highest BCUT2D eigenvalue weighted by atomic mass is 35.5. The lowest BCUT2D eigenvalue weighted by Gasteiger charge is -2.30. The van der Waals surface area contributed by atoms with Crippen molar-refractivity contribution in [2.45, 2.75) is 19.8 Å². The number of aromatic nitrogens is 3. The molecule has 4 aromatic rings. The van der Waals surface area contributed by atoms with E-state index in [1.165, 1.54) is 12.8 Å². The third-order valence-corrected chi connectivity index (χ3v) is 6.41.